The first-order chi connectivity index (χ1) is 15.7. The van der Waals surface area contributed by atoms with Gasteiger partial charge < -0.3 is 4.18 Å². The minimum atomic E-state index is -7.86. The van der Waals surface area contributed by atoms with E-state index in [-0.39, 0.29) is 11.1 Å². The van der Waals surface area contributed by atoms with Crippen molar-refractivity contribution in [1.82, 2.24) is 4.13 Å². The van der Waals surface area contributed by atoms with Crippen LogP contribution in [0.25, 0.3) is 0 Å². The summed E-state index contributed by atoms with van der Waals surface area (Å²) in [6, 6.07) is 3.57. The number of hydrogen-bond donors (Lipinski definition) is 1. The van der Waals surface area contributed by atoms with Gasteiger partial charge in [-0.3, -0.25) is 0 Å². The monoisotopic (exact) mass is 603 g/mol. The van der Waals surface area contributed by atoms with Crippen LogP contribution in [0.5, 0.6) is 5.75 Å². The van der Waals surface area contributed by atoms with Crippen LogP contribution in [-0.2, 0) is 30.2 Å². The number of nitrogens with one attached hydrogen (secondary N) is 1. The Hall–Kier alpha value is -1.80. The summed E-state index contributed by atoms with van der Waals surface area (Å²) in [5.41, 5.74) is -6.99. The van der Waals surface area contributed by atoms with Gasteiger partial charge in [-0.2, -0.15) is 47.9 Å². The van der Waals surface area contributed by atoms with Gasteiger partial charge in [0.1, 0.15) is 5.75 Å². The van der Waals surface area contributed by atoms with Crippen molar-refractivity contribution in [2.24, 2.45) is 0 Å². The first-order valence-electron chi connectivity index (χ1n) is 9.22. The molecule has 0 saturated carbocycles. The highest BCUT2D eigenvalue weighted by Crippen LogP contribution is 2.52. The lowest BCUT2D eigenvalue weighted by atomic mass is 9.94. The molecule has 0 aliphatic rings. The maximum Gasteiger partial charge on any atom is 0.512 e. The summed E-state index contributed by atoms with van der Waals surface area (Å²) >= 11 is 0. The van der Waals surface area contributed by atoms with Crippen molar-refractivity contribution in [1.29, 1.82) is 0 Å². The van der Waals surface area contributed by atoms with Crippen molar-refractivity contribution >= 4 is 30.2 Å². The number of hydrogen-bond acceptors (Lipinski definition) is 7. The van der Waals surface area contributed by atoms with Crippen LogP contribution in [0.2, 0.25) is 0 Å². The Kier molecular flexibility index (Phi) is 8.50. The largest absolute Gasteiger partial charge is 0.512 e. The van der Waals surface area contributed by atoms with Crippen LogP contribution in [0.3, 0.4) is 0 Å². The van der Waals surface area contributed by atoms with Gasteiger partial charge in [-0.15, -0.1) is 0 Å². The lowest BCUT2D eigenvalue weighted by Gasteiger charge is -2.31. The molecule has 0 bridgehead atoms. The third-order valence-corrected chi connectivity index (χ3v) is 8.99. The zero-order valence-corrected chi connectivity index (χ0v) is 20.8. The molecule has 8 nitrogen and oxygen atoms in total. The van der Waals surface area contributed by atoms with Gasteiger partial charge in [0, 0.05) is 0 Å². The molecule has 0 heterocycles. The summed E-state index contributed by atoms with van der Waals surface area (Å²) < 4.78 is 194. The summed E-state index contributed by atoms with van der Waals surface area (Å²) in [6.07, 6.45) is 0. The quantitative estimate of drug-likeness (QED) is 0.314. The average molecular weight is 604 g/mol. The van der Waals surface area contributed by atoms with E-state index in [9.17, 15) is 64.8 Å². The Labute approximate surface area is 200 Å². The maximum absolute atomic E-state index is 14.4. The summed E-state index contributed by atoms with van der Waals surface area (Å²) in [5, 5.41) is -14.6. The molecule has 1 aromatic carbocycles. The van der Waals surface area contributed by atoms with Gasteiger partial charge in [0.2, 0.25) is 0 Å². The molecule has 0 aliphatic carbocycles. The zero-order chi connectivity index (χ0) is 28.9. The highest BCUT2D eigenvalue weighted by atomic mass is 32.3. The molecule has 36 heavy (non-hydrogen) atoms. The third-order valence-electron chi connectivity index (χ3n) is 4.42. The van der Waals surface area contributed by atoms with E-state index in [1.165, 1.54) is 33.8 Å². The molecule has 0 aliphatic heterocycles. The fourth-order valence-electron chi connectivity index (χ4n) is 2.48. The van der Waals surface area contributed by atoms with E-state index < -0.39 is 73.8 Å². The van der Waals surface area contributed by atoms with Crippen molar-refractivity contribution in [2.75, 3.05) is 0 Å². The topological polar surface area (TPSA) is 124 Å². The van der Waals surface area contributed by atoms with Crippen LogP contribution in [-0.4, -0.2) is 47.2 Å². The van der Waals surface area contributed by atoms with E-state index in [0.717, 1.165) is 12.1 Å². The number of rotatable bonds is 10. The first-order valence-corrected chi connectivity index (χ1v) is 13.6. The van der Waals surface area contributed by atoms with E-state index in [1.807, 2.05) is 0 Å². The van der Waals surface area contributed by atoms with E-state index in [0.29, 0.717) is 0 Å². The van der Waals surface area contributed by atoms with Gasteiger partial charge in [0.25, 0.3) is 10.0 Å². The Balaban J connectivity index is 3.70. The second kappa shape index (κ2) is 9.50. The van der Waals surface area contributed by atoms with Crippen molar-refractivity contribution < 1.29 is 69.0 Å². The molecule has 1 aromatic rings. The summed E-state index contributed by atoms with van der Waals surface area (Å²) in [6.45, 7) is 5.55. The van der Waals surface area contributed by atoms with Crippen LogP contribution in [0.4, 0.5) is 39.5 Å². The van der Waals surface area contributed by atoms with Gasteiger partial charge in [0.15, 0.2) is 0 Å². The average Bonchev–Trinajstić information content (AvgIpc) is 2.65. The highest BCUT2D eigenvalue weighted by Gasteiger charge is 2.83. The predicted octanol–water partition coefficient (Wildman–Crippen LogP) is 4.23. The van der Waals surface area contributed by atoms with Crippen LogP contribution >= 0.6 is 0 Å². The zero-order valence-electron chi connectivity index (χ0n) is 18.4. The number of benzene rings is 1. The molecule has 0 aromatic heterocycles. The lowest BCUT2D eigenvalue weighted by molar-refractivity contribution is -0.245. The van der Waals surface area contributed by atoms with Crippen LogP contribution in [0.1, 0.15) is 50.7 Å². The second-order valence-corrected chi connectivity index (χ2v) is 13.0. The molecule has 20 heteroatoms. The molecule has 0 spiro atoms. The second-order valence-electron chi connectivity index (χ2n) is 7.76. The highest BCUT2D eigenvalue weighted by molar-refractivity contribution is 8.05. The first kappa shape index (κ1) is 32.2. The predicted molar refractivity (Wildman–Crippen MR) is 106 cm³/mol. The Morgan fingerprint density at radius 1 is 0.694 bits per heavy atom. The number of para-hydroxylation sites is 1. The summed E-state index contributed by atoms with van der Waals surface area (Å²) in [7, 11) is -22.4. The van der Waals surface area contributed by atoms with Crippen molar-refractivity contribution in [3.63, 3.8) is 0 Å². The molecule has 210 valence electrons. The van der Waals surface area contributed by atoms with Crippen LogP contribution in [0.15, 0.2) is 18.2 Å². The maximum atomic E-state index is 14.4. The smallest absolute Gasteiger partial charge is 0.377 e. The fraction of sp³-hybridized carbons (Fsp3) is 0.625. The molecular weight excluding hydrogens is 585 g/mol. The molecule has 0 atom stereocenters. The molecule has 0 amide bonds. The standard InChI is InChI=1S/C16H18F9NO7S3/c1-8(2)10-6-5-7-11(9(3)4)12(10)33-36(31,32)15(21,22)13(17,18)14(19,20)34(27,28)26-35(29,30)16(23,24)25/h5-9,26H,1-4H3. The lowest BCUT2D eigenvalue weighted by Crippen LogP contribution is -2.64. The van der Waals surface area contributed by atoms with Gasteiger partial charge in [-0.05, 0) is 23.0 Å². The van der Waals surface area contributed by atoms with Gasteiger partial charge in [-0.1, -0.05) is 50.0 Å². The van der Waals surface area contributed by atoms with E-state index in [2.05, 4.69) is 4.18 Å². The van der Waals surface area contributed by atoms with E-state index in [1.54, 1.807) is 0 Å². The van der Waals surface area contributed by atoms with Gasteiger partial charge in [-0.25, -0.2) is 16.8 Å². The molecule has 0 unspecified atom stereocenters. The van der Waals surface area contributed by atoms with E-state index in [4.69, 9.17) is 0 Å². The minimum absolute atomic E-state index is 0.166. The molecule has 0 saturated heterocycles. The van der Waals surface area contributed by atoms with E-state index >= 15 is 0 Å². The molecule has 0 radical (unpaired) electrons. The molecular formula is C16H18F9NO7S3. The Bertz CT molecular complexity index is 1280. The molecule has 0 fully saturated rings. The van der Waals surface area contributed by atoms with Crippen LogP contribution < -0.4 is 8.31 Å². The fourth-order valence-corrected chi connectivity index (χ4v) is 5.92. The number of halogens is 9. The number of alkyl halides is 9. The van der Waals surface area contributed by atoms with Crippen LogP contribution in [0, 0.1) is 0 Å². The van der Waals surface area contributed by atoms with Crippen molar-refractivity contribution in [3.8, 4) is 5.75 Å². The molecule has 1 N–H and O–H groups in total. The molecule has 1 rings (SSSR count). The Morgan fingerprint density at radius 3 is 1.42 bits per heavy atom. The van der Waals surface area contributed by atoms with Crippen molar-refractivity contribution in [3.05, 3.63) is 29.3 Å². The van der Waals surface area contributed by atoms with Gasteiger partial charge >= 0.3 is 42.1 Å². The van der Waals surface area contributed by atoms with Crippen molar-refractivity contribution in [2.45, 2.75) is 61.5 Å². The minimum Gasteiger partial charge on any atom is -0.377 e. The SMILES string of the molecule is CC(C)c1cccc(C(C)C)c1OS(=O)(=O)C(F)(F)C(F)(F)C(F)(F)S(=O)(=O)NS(=O)(=O)C(F)(F)F. The normalized spacial score (nSPS) is 15.0. The third kappa shape index (κ3) is 5.40. The number of sulfonamides is 2. The summed E-state index contributed by atoms with van der Waals surface area (Å²) in [5.74, 6) is -9.93. The Morgan fingerprint density at radius 2 is 1.08 bits per heavy atom. The van der Waals surface area contributed by atoms with Gasteiger partial charge in [0.05, 0.1) is 0 Å². The summed E-state index contributed by atoms with van der Waals surface area (Å²) in [4.78, 5) is 0.